The van der Waals surface area contributed by atoms with Gasteiger partial charge in [0.15, 0.2) is 0 Å². The standard InChI is InChI=1S/C24H14BN.C24H23N/c1-3-13-21-15(7-1)17-9-5-11-19-20-12-6-10-18-16-8-2-4-14-22(16)25(21)26(23(17)19)24(18)20;1-3-11-19(12-4-1)21-15-7-9-17-23(21)25-24-18-10-8-16-22(24)20-13-5-2-6-14-20/h1-14H;1-5,7,9-13,15,17-18,25H,6,8,14,16H2. The zero-order chi connectivity index (χ0) is 33.7. The maximum absolute atomic E-state index is 3.72. The number of para-hydroxylation sites is 3. The van der Waals surface area contributed by atoms with Crippen molar-refractivity contribution in [1.29, 1.82) is 0 Å². The number of rotatable bonds is 4. The van der Waals surface area contributed by atoms with E-state index in [0.717, 1.165) is 25.7 Å². The summed E-state index contributed by atoms with van der Waals surface area (Å²) in [5.74, 6) is 0. The van der Waals surface area contributed by atoms with E-state index in [1.165, 1.54) is 88.6 Å². The summed E-state index contributed by atoms with van der Waals surface area (Å²) in [4.78, 5) is 0. The summed E-state index contributed by atoms with van der Waals surface area (Å²) in [6.07, 6.45) is 15.8. The topological polar surface area (TPSA) is 17.0 Å². The Morgan fingerprint density at radius 3 is 1.76 bits per heavy atom. The van der Waals surface area contributed by atoms with Crippen LogP contribution in [0.15, 0.2) is 187 Å². The SMILES string of the molecule is C1=CCCC(C2=C(Nc3ccccc3-c3ccccc3)C=CCC2)=C1.c1ccc2c(c1)B1c3ccccc3-c3cccc4c5cccc-2c5n1c34. The Bertz CT molecular complexity index is 2510. The average molecular weight is 653 g/mol. The number of nitrogens with one attached hydrogen (secondary N) is 1. The van der Waals surface area contributed by atoms with Gasteiger partial charge in [-0.3, -0.25) is 0 Å². The highest BCUT2D eigenvalue weighted by atomic mass is 14.9. The zero-order valence-electron chi connectivity index (χ0n) is 28.5. The summed E-state index contributed by atoms with van der Waals surface area (Å²) in [7, 11) is 0. The van der Waals surface area contributed by atoms with Gasteiger partial charge < -0.3 is 9.79 Å². The van der Waals surface area contributed by atoms with Crippen molar-refractivity contribution in [2.45, 2.75) is 25.7 Å². The molecule has 0 radical (unpaired) electrons. The molecule has 0 saturated heterocycles. The maximum Gasteiger partial charge on any atom is 0.329 e. The molecule has 0 spiro atoms. The summed E-state index contributed by atoms with van der Waals surface area (Å²) in [5.41, 5.74) is 18.9. The first kappa shape index (κ1) is 29.8. The number of benzene rings is 6. The van der Waals surface area contributed by atoms with Gasteiger partial charge in [0.2, 0.25) is 0 Å². The van der Waals surface area contributed by atoms with Gasteiger partial charge in [0.1, 0.15) is 0 Å². The lowest BCUT2D eigenvalue weighted by Crippen LogP contribution is -2.53. The molecule has 6 aromatic carbocycles. The second-order valence-electron chi connectivity index (χ2n) is 13.9. The van der Waals surface area contributed by atoms with Crippen molar-refractivity contribution < 1.29 is 0 Å². The Balaban J connectivity index is 0.000000129. The van der Waals surface area contributed by atoms with Gasteiger partial charge in [-0.15, -0.1) is 0 Å². The molecule has 4 aliphatic rings. The van der Waals surface area contributed by atoms with E-state index < -0.39 is 0 Å². The first-order chi connectivity index (χ1) is 25.3. The van der Waals surface area contributed by atoms with E-state index >= 15 is 0 Å². The molecule has 1 N–H and O–H groups in total. The van der Waals surface area contributed by atoms with Crippen LogP contribution in [0.2, 0.25) is 0 Å². The van der Waals surface area contributed by atoms with E-state index in [-0.39, 0.29) is 6.85 Å². The van der Waals surface area contributed by atoms with Crippen molar-refractivity contribution in [3.63, 3.8) is 0 Å². The molecule has 0 saturated carbocycles. The fourth-order valence-electron chi connectivity index (χ4n) is 8.83. The maximum atomic E-state index is 3.72. The normalized spacial score (nSPS) is 15.0. The Kier molecular flexibility index (Phi) is 7.23. The van der Waals surface area contributed by atoms with Gasteiger partial charge >= 0.3 is 6.85 Å². The van der Waals surface area contributed by atoms with Crippen LogP contribution in [0.25, 0.3) is 55.2 Å². The summed E-state index contributed by atoms with van der Waals surface area (Å²) < 4.78 is 2.60. The Hall–Kier alpha value is -6.06. The second kappa shape index (κ2) is 12.4. The number of hydrogen-bond acceptors (Lipinski definition) is 1. The predicted molar refractivity (Wildman–Crippen MR) is 218 cm³/mol. The van der Waals surface area contributed by atoms with Crippen LogP contribution < -0.4 is 16.2 Å². The smallest absolute Gasteiger partial charge is 0.329 e. The van der Waals surface area contributed by atoms with Crippen LogP contribution in [0.4, 0.5) is 5.69 Å². The third kappa shape index (κ3) is 4.87. The van der Waals surface area contributed by atoms with Gasteiger partial charge in [0.25, 0.3) is 0 Å². The average Bonchev–Trinajstić information content (AvgIpc) is 3.55. The molecule has 2 nitrogen and oxygen atoms in total. The van der Waals surface area contributed by atoms with Crippen molar-refractivity contribution in [1.82, 2.24) is 4.48 Å². The van der Waals surface area contributed by atoms with E-state index in [1.807, 2.05) is 0 Å². The number of fused-ring (bicyclic) bond motifs is 7. The van der Waals surface area contributed by atoms with E-state index in [9.17, 15) is 0 Å². The molecule has 2 aliphatic heterocycles. The van der Waals surface area contributed by atoms with E-state index in [4.69, 9.17) is 0 Å². The zero-order valence-corrected chi connectivity index (χ0v) is 28.5. The van der Waals surface area contributed by atoms with Gasteiger partial charge in [-0.2, -0.15) is 0 Å². The lowest BCUT2D eigenvalue weighted by molar-refractivity contribution is 0.885. The molecule has 2 aliphatic carbocycles. The molecule has 242 valence electrons. The Morgan fingerprint density at radius 1 is 0.510 bits per heavy atom. The van der Waals surface area contributed by atoms with Crippen LogP contribution >= 0.6 is 0 Å². The molecule has 3 heterocycles. The van der Waals surface area contributed by atoms with Crippen molar-refractivity contribution in [3.05, 3.63) is 187 Å². The summed E-state index contributed by atoms with van der Waals surface area (Å²) >= 11 is 0. The first-order valence-corrected chi connectivity index (χ1v) is 18.3. The first-order valence-electron chi connectivity index (χ1n) is 18.3. The van der Waals surface area contributed by atoms with Crippen LogP contribution in [0.1, 0.15) is 25.7 Å². The minimum absolute atomic E-state index is 0.257. The van der Waals surface area contributed by atoms with Crippen molar-refractivity contribution >= 4 is 45.3 Å². The quantitative estimate of drug-likeness (QED) is 0.187. The molecule has 0 amide bonds. The van der Waals surface area contributed by atoms with Gasteiger partial charge in [-0.05, 0) is 76.6 Å². The Morgan fingerprint density at radius 2 is 1.10 bits per heavy atom. The highest BCUT2D eigenvalue weighted by molar-refractivity contribution is 6.88. The summed E-state index contributed by atoms with van der Waals surface area (Å²) in [6, 6.07) is 50.5. The molecule has 1 aromatic heterocycles. The molecule has 0 bridgehead atoms. The Labute approximate surface area is 299 Å². The number of aromatic nitrogens is 1. The fraction of sp³-hybridized carbons (Fsp3) is 0.0833. The van der Waals surface area contributed by atoms with Crippen molar-refractivity contribution in [3.8, 4) is 33.4 Å². The van der Waals surface area contributed by atoms with E-state index in [0.29, 0.717) is 0 Å². The predicted octanol–water partition coefficient (Wildman–Crippen LogP) is 11.1. The summed E-state index contributed by atoms with van der Waals surface area (Å²) in [5, 5.41) is 6.46. The van der Waals surface area contributed by atoms with Crippen molar-refractivity contribution in [2.24, 2.45) is 0 Å². The minimum atomic E-state index is 0.257. The molecular weight excluding hydrogens is 615 g/mol. The van der Waals surface area contributed by atoms with Crippen LogP contribution in [-0.4, -0.2) is 11.3 Å². The third-order valence-electron chi connectivity index (χ3n) is 11.0. The highest BCUT2D eigenvalue weighted by Gasteiger charge is 2.38. The van der Waals surface area contributed by atoms with Gasteiger partial charge in [-0.1, -0.05) is 158 Å². The van der Waals surface area contributed by atoms with Crippen LogP contribution in [-0.2, 0) is 0 Å². The van der Waals surface area contributed by atoms with Gasteiger partial charge in [0.05, 0.1) is 0 Å². The van der Waals surface area contributed by atoms with Crippen molar-refractivity contribution in [2.75, 3.05) is 5.32 Å². The fourth-order valence-corrected chi connectivity index (χ4v) is 8.83. The number of anilines is 1. The van der Waals surface area contributed by atoms with Gasteiger partial charge in [-0.25, -0.2) is 0 Å². The van der Waals surface area contributed by atoms with E-state index in [2.05, 4.69) is 180 Å². The largest absolute Gasteiger partial charge is 0.375 e. The molecule has 0 unspecified atom stereocenters. The van der Waals surface area contributed by atoms with Gasteiger partial charge in [0, 0.05) is 49.9 Å². The number of nitrogens with zero attached hydrogens (tertiary/aromatic N) is 1. The van der Waals surface area contributed by atoms with E-state index in [1.54, 1.807) is 0 Å². The molecule has 51 heavy (non-hydrogen) atoms. The molecule has 3 heteroatoms. The molecular formula is C48H37BN2. The number of hydrogen-bond donors (Lipinski definition) is 1. The second-order valence-corrected chi connectivity index (χ2v) is 13.9. The highest BCUT2D eigenvalue weighted by Crippen LogP contribution is 2.44. The third-order valence-corrected chi connectivity index (χ3v) is 11.0. The van der Waals surface area contributed by atoms with Crippen LogP contribution in [0.3, 0.4) is 0 Å². The monoisotopic (exact) mass is 652 g/mol. The molecule has 11 rings (SSSR count). The molecule has 0 atom stereocenters. The number of allylic oxidation sites excluding steroid dienone is 7. The minimum Gasteiger partial charge on any atom is -0.375 e. The molecule has 0 fully saturated rings. The lowest BCUT2D eigenvalue weighted by atomic mass is 9.45. The van der Waals surface area contributed by atoms with Crippen LogP contribution in [0.5, 0.6) is 0 Å². The summed E-state index contributed by atoms with van der Waals surface area (Å²) in [6.45, 7) is 0.257. The lowest BCUT2D eigenvalue weighted by Gasteiger charge is -2.32. The van der Waals surface area contributed by atoms with Crippen LogP contribution in [0, 0.1) is 0 Å². The molecule has 7 aromatic rings.